The summed E-state index contributed by atoms with van der Waals surface area (Å²) >= 11 is 3.37. The zero-order valence-corrected chi connectivity index (χ0v) is 13.0. The molecule has 1 aliphatic heterocycles. The second-order valence-electron chi connectivity index (χ2n) is 5.21. The largest absolute Gasteiger partial charge is 0.398 e. The van der Waals surface area contributed by atoms with Crippen molar-refractivity contribution in [3.63, 3.8) is 0 Å². The van der Waals surface area contributed by atoms with Crippen LogP contribution in [-0.2, 0) is 0 Å². The molecule has 0 aromatic heterocycles. The SMILES string of the molecule is CN1CCCC(N(C)C(=O)c2ccc(N)c(Br)c2)C1. The predicted molar refractivity (Wildman–Crippen MR) is 81.2 cm³/mol. The Kier molecular flexibility index (Phi) is 4.47. The molecule has 0 saturated carbocycles. The number of hydrogen-bond acceptors (Lipinski definition) is 3. The van der Waals surface area contributed by atoms with Crippen molar-refractivity contribution < 1.29 is 4.79 Å². The summed E-state index contributed by atoms with van der Waals surface area (Å²) in [7, 11) is 3.99. The highest BCUT2D eigenvalue weighted by atomic mass is 79.9. The summed E-state index contributed by atoms with van der Waals surface area (Å²) in [5.41, 5.74) is 7.07. The third-order valence-electron chi connectivity index (χ3n) is 3.72. The third kappa shape index (κ3) is 3.28. The van der Waals surface area contributed by atoms with Crippen molar-refractivity contribution in [3.8, 4) is 0 Å². The Balaban J connectivity index is 2.11. The van der Waals surface area contributed by atoms with Gasteiger partial charge < -0.3 is 15.5 Å². The Morgan fingerprint density at radius 3 is 2.89 bits per heavy atom. The lowest BCUT2D eigenvalue weighted by molar-refractivity contribution is 0.0644. The molecule has 4 nitrogen and oxygen atoms in total. The average molecular weight is 326 g/mol. The Labute approximate surface area is 122 Å². The molecule has 19 heavy (non-hydrogen) atoms. The maximum atomic E-state index is 12.5. The topological polar surface area (TPSA) is 49.6 Å². The molecule has 1 fully saturated rings. The Morgan fingerprint density at radius 2 is 2.26 bits per heavy atom. The number of piperidine rings is 1. The number of hydrogen-bond donors (Lipinski definition) is 1. The molecule has 5 heteroatoms. The van der Waals surface area contributed by atoms with Crippen LogP contribution in [0, 0.1) is 0 Å². The molecule has 0 bridgehead atoms. The summed E-state index contributed by atoms with van der Waals surface area (Å²) in [6.07, 6.45) is 2.22. The molecule has 1 saturated heterocycles. The molecule has 1 aromatic carbocycles. The van der Waals surface area contributed by atoms with E-state index in [4.69, 9.17) is 5.73 Å². The molecule has 1 atom stereocenters. The van der Waals surface area contributed by atoms with E-state index >= 15 is 0 Å². The van der Waals surface area contributed by atoms with Crippen molar-refractivity contribution in [1.82, 2.24) is 9.80 Å². The summed E-state index contributed by atoms with van der Waals surface area (Å²) < 4.78 is 0.771. The second kappa shape index (κ2) is 5.92. The number of amides is 1. The van der Waals surface area contributed by atoms with E-state index in [0.717, 1.165) is 30.4 Å². The van der Waals surface area contributed by atoms with Crippen LogP contribution in [0.1, 0.15) is 23.2 Å². The summed E-state index contributed by atoms with van der Waals surface area (Å²) in [6, 6.07) is 5.63. The van der Waals surface area contributed by atoms with Crippen LogP contribution in [-0.4, -0.2) is 48.9 Å². The molecule has 1 amide bonds. The molecule has 104 valence electrons. The normalized spacial score (nSPS) is 20.3. The smallest absolute Gasteiger partial charge is 0.253 e. The van der Waals surface area contributed by atoms with Gasteiger partial charge in [0.2, 0.25) is 0 Å². The van der Waals surface area contributed by atoms with Crippen LogP contribution >= 0.6 is 15.9 Å². The molecular formula is C14H20BrN3O. The number of nitrogens with zero attached hydrogens (tertiary/aromatic N) is 2. The van der Waals surface area contributed by atoms with Crippen molar-refractivity contribution in [2.45, 2.75) is 18.9 Å². The summed E-state index contributed by atoms with van der Waals surface area (Å²) in [4.78, 5) is 16.6. The lowest BCUT2D eigenvalue weighted by Crippen LogP contribution is -2.47. The van der Waals surface area contributed by atoms with Crippen LogP contribution in [0.2, 0.25) is 0 Å². The Hall–Kier alpha value is -1.07. The molecule has 0 aliphatic carbocycles. The standard InChI is InChI=1S/C14H20BrN3O/c1-17-7-3-4-11(9-17)18(2)14(19)10-5-6-13(16)12(15)8-10/h5-6,8,11H,3-4,7,9,16H2,1-2H3. The Bertz CT molecular complexity index is 478. The van der Waals surface area contributed by atoms with Gasteiger partial charge in [0.1, 0.15) is 0 Å². The number of nitrogen functional groups attached to an aromatic ring is 1. The minimum Gasteiger partial charge on any atom is -0.398 e. The fourth-order valence-corrected chi connectivity index (χ4v) is 2.86. The van der Waals surface area contributed by atoms with E-state index in [1.807, 2.05) is 11.9 Å². The van der Waals surface area contributed by atoms with Crippen molar-refractivity contribution in [2.75, 3.05) is 32.9 Å². The van der Waals surface area contributed by atoms with E-state index < -0.39 is 0 Å². The molecule has 0 radical (unpaired) electrons. The first-order chi connectivity index (χ1) is 8.99. The van der Waals surface area contributed by atoms with Gasteiger partial charge in [-0.25, -0.2) is 0 Å². The maximum absolute atomic E-state index is 12.5. The van der Waals surface area contributed by atoms with Gasteiger partial charge in [-0.2, -0.15) is 0 Å². The predicted octanol–water partition coefficient (Wildman–Crippen LogP) is 2.20. The van der Waals surface area contributed by atoms with E-state index in [1.165, 1.54) is 0 Å². The first-order valence-corrected chi connectivity index (χ1v) is 7.29. The van der Waals surface area contributed by atoms with Gasteiger partial charge >= 0.3 is 0 Å². The van der Waals surface area contributed by atoms with Gasteiger partial charge in [-0.05, 0) is 60.6 Å². The molecular weight excluding hydrogens is 306 g/mol. The first-order valence-electron chi connectivity index (χ1n) is 6.50. The van der Waals surface area contributed by atoms with Crippen molar-refractivity contribution in [2.24, 2.45) is 0 Å². The lowest BCUT2D eigenvalue weighted by Gasteiger charge is -2.35. The highest BCUT2D eigenvalue weighted by Crippen LogP contribution is 2.22. The van der Waals surface area contributed by atoms with Gasteiger partial charge in [-0.1, -0.05) is 0 Å². The van der Waals surface area contributed by atoms with Crippen LogP contribution in [0.15, 0.2) is 22.7 Å². The van der Waals surface area contributed by atoms with E-state index in [0.29, 0.717) is 17.3 Å². The van der Waals surface area contributed by atoms with Crippen molar-refractivity contribution in [1.29, 1.82) is 0 Å². The van der Waals surface area contributed by atoms with Gasteiger partial charge in [-0.3, -0.25) is 4.79 Å². The minimum absolute atomic E-state index is 0.0565. The third-order valence-corrected chi connectivity index (χ3v) is 4.40. The number of nitrogens with two attached hydrogens (primary N) is 1. The maximum Gasteiger partial charge on any atom is 0.253 e. The van der Waals surface area contributed by atoms with E-state index in [-0.39, 0.29) is 5.91 Å². The number of carbonyl (C=O) groups is 1. The van der Waals surface area contributed by atoms with E-state index in [2.05, 4.69) is 27.9 Å². The number of benzene rings is 1. The highest BCUT2D eigenvalue weighted by Gasteiger charge is 2.25. The number of anilines is 1. The van der Waals surface area contributed by atoms with Gasteiger partial charge in [0.25, 0.3) is 5.91 Å². The van der Waals surface area contributed by atoms with Crippen LogP contribution in [0.3, 0.4) is 0 Å². The minimum atomic E-state index is 0.0565. The second-order valence-corrected chi connectivity index (χ2v) is 6.06. The van der Waals surface area contributed by atoms with Gasteiger partial charge in [-0.15, -0.1) is 0 Å². The quantitative estimate of drug-likeness (QED) is 0.848. The number of halogens is 1. The fourth-order valence-electron chi connectivity index (χ4n) is 2.48. The zero-order valence-electron chi connectivity index (χ0n) is 11.4. The fraction of sp³-hybridized carbons (Fsp3) is 0.500. The Morgan fingerprint density at radius 1 is 1.53 bits per heavy atom. The average Bonchev–Trinajstić information content (AvgIpc) is 2.40. The monoisotopic (exact) mass is 325 g/mol. The lowest BCUT2D eigenvalue weighted by atomic mass is 10.0. The molecule has 2 N–H and O–H groups in total. The summed E-state index contributed by atoms with van der Waals surface area (Å²) in [5, 5.41) is 0. The molecule has 1 aliphatic rings. The number of carbonyl (C=O) groups excluding carboxylic acids is 1. The van der Waals surface area contributed by atoms with E-state index in [1.54, 1.807) is 18.2 Å². The molecule has 1 heterocycles. The van der Waals surface area contributed by atoms with Gasteiger partial charge in [0.05, 0.1) is 0 Å². The zero-order chi connectivity index (χ0) is 14.0. The van der Waals surface area contributed by atoms with Crippen LogP contribution in [0.4, 0.5) is 5.69 Å². The molecule has 2 rings (SSSR count). The van der Waals surface area contributed by atoms with Crippen LogP contribution < -0.4 is 5.73 Å². The first kappa shape index (κ1) is 14.3. The summed E-state index contributed by atoms with van der Waals surface area (Å²) in [6.45, 7) is 2.06. The summed E-state index contributed by atoms with van der Waals surface area (Å²) in [5.74, 6) is 0.0565. The molecule has 1 aromatic rings. The van der Waals surface area contributed by atoms with E-state index in [9.17, 15) is 4.79 Å². The molecule has 0 spiro atoms. The van der Waals surface area contributed by atoms with Crippen LogP contribution in [0.5, 0.6) is 0 Å². The van der Waals surface area contributed by atoms with Gasteiger partial charge in [0.15, 0.2) is 0 Å². The molecule has 1 unspecified atom stereocenters. The van der Waals surface area contributed by atoms with Crippen LogP contribution in [0.25, 0.3) is 0 Å². The van der Waals surface area contributed by atoms with Crippen molar-refractivity contribution >= 4 is 27.5 Å². The highest BCUT2D eigenvalue weighted by molar-refractivity contribution is 9.10. The number of likely N-dealkylation sites (tertiary alicyclic amines) is 1. The van der Waals surface area contributed by atoms with Gasteiger partial charge in [0, 0.05) is 35.4 Å². The number of rotatable bonds is 2. The van der Waals surface area contributed by atoms with Crippen molar-refractivity contribution in [3.05, 3.63) is 28.2 Å². The number of likely N-dealkylation sites (N-methyl/N-ethyl adjacent to an activating group) is 2.